The summed E-state index contributed by atoms with van der Waals surface area (Å²) in [5.41, 5.74) is 2.90. The van der Waals surface area contributed by atoms with Crippen LogP contribution >= 0.6 is 0 Å². The van der Waals surface area contributed by atoms with Gasteiger partial charge in [-0.1, -0.05) is 37.6 Å². The van der Waals surface area contributed by atoms with Crippen LogP contribution in [0, 0.1) is 0 Å². The van der Waals surface area contributed by atoms with E-state index in [1.807, 2.05) is 7.05 Å². The third-order valence-corrected chi connectivity index (χ3v) is 3.25. The number of aliphatic carboxylic acids is 2. The van der Waals surface area contributed by atoms with Gasteiger partial charge < -0.3 is 15.5 Å². The lowest BCUT2D eigenvalue weighted by Crippen LogP contribution is -2.23. The van der Waals surface area contributed by atoms with Crippen LogP contribution in [-0.4, -0.2) is 35.2 Å². The lowest BCUT2D eigenvalue weighted by atomic mass is 10.0. The second-order valence-corrected chi connectivity index (χ2v) is 5.32. The van der Waals surface area contributed by atoms with Crippen LogP contribution in [0.25, 0.3) is 0 Å². The second kappa shape index (κ2) is 12.4. The molecule has 0 amide bonds. The number of hydrogen-bond donors (Lipinski definition) is 3. The topological polar surface area (TPSA) is 86.6 Å². The van der Waals surface area contributed by atoms with Gasteiger partial charge in [0.2, 0.25) is 0 Å². The molecule has 1 rings (SSSR count). The number of nitrogens with one attached hydrogen (secondary N) is 1. The summed E-state index contributed by atoms with van der Waals surface area (Å²) in [5, 5.41) is 18.9. The van der Waals surface area contributed by atoms with Crippen LogP contribution in [0.2, 0.25) is 0 Å². The van der Waals surface area contributed by atoms with Crippen LogP contribution in [-0.2, 0) is 22.4 Å². The number of unbranched alkanes of at least 4 members (excludes halogenated alkanes) is 1. The second-order valence-electron chi connectivity index (χ2n) is 5.32. The first-order valence-electron chi connectivity index (χ1n) is 7.78. The van der Waals surface area contributed by atoms with Gasteiger partial charge in [-0.2, -0.15) is 0 Å². The van der Waals surface area contributed by atoms with Crippen molar-refractivity contribution >= 4 is 11.9 Å². The zero-order chi connectivity index (χ0) is 17.7. The quantitative estimate of drug-likeness (QED) is 0.641. The lowest BCUT2D eigenvalue weighted by molar-refractivity contribution is -0.134. The van der Waals surface area contributed by atoms with E-state index < -0.39 is 11.9 Å². The van der Waals surface area contributed by atoms with E-state index in [9.17, 15) is 9.59 Å². The molecule has 128 valence electrons. The normalized spacial score (nSPS) is 11.6. The van der Waals surface area contributed by atoms with E-state index in [1.54, 1.807) is 0 Å². The molecule has 0 saturated carbocycles. The predicted molar refractivity (Wildman–Crippen MR) is 91.7 cm³/mol. The van der Waals surface area contributed by atoms with Gasteiger partial charge in [-0.3, -0.25) is 0 Å². The van der Waals surface area contributed by atoms with Crippen molar-refractivity contribution in [2.24, 2.45) is 0 Å². The van der Waals surface area contributed by atoms with Gasteiger partial charge >= 0.3 is 11.9 Å². The molecule has 0 aromatic heterocycles. The third-order valence-electron chi connectivity index (χ3n) is 3.25. The SMILES string of the molecule is CCCCc1ccc(CC(C)NC)cc1.O=C(O)/C=C/C(=O)O. The summed E-state index contributed by atoms with van der Waals surface area (Å²) in [6.45, 7) is 4.45. The molecule has 0 saturated heterocycles. The van der Waals surface area contributed by atoms with Crippen molar-refractivity contribution in [2.75, 3.05) is 7.05 Å². The highest BCUT2D eigenvalue weighted by Gasteiger charge is 2.00. The summed E-state index contributed by atoms with van der Waals surface area (Å²) in [6.07, 6.45) is 6.03. The zero-order valence-corrected chi connectivity index (χ0v) is 14.1. The predicted octanol–water partition coefficient (Wildman–Crippen LogP) is 2.89. The summed E-state index contributed by atoms with van der Waals surface area (Å²) in [7, 11) is 2.01. The van der Waals surface area contributed by atoms with Crippen molar-refractivity contribution in [3.05, 3.63) is 47.5 Å². The Labute approximate surface area is 138 Å². The van der Waals surface area contributed by atoms with E-state index in [0.717, 1.165) is 6.42 Å². The fourth-order valence-electron chi connectivity index (χ4n) is 1.82. The number of hydrogen-bond acceptors (Lipinski definition) is 3. The number of rotatable bonds is 8. The van der Waals surface area contributed by atoms with Crippen LogP contribution in [0.5, 0.6) is 0 Å². The van der Waals surface area contributed by atoms with Gasteiger partial charge in [0, 0.05) is 18.2 Å². The third kappa shape index (κ3) is 12.1. The van der Waals surface area contributed by atoms with E-state index in [4.69, 9.17) is 10.2 Å². The molecule has 0 radical (unpaired) electrons. The molecule has 1 aromatic rings. The molecule has 5 nitrogen and oxygen atoms in total. The van der Waals surface area contributed by atoms with Crippen LogP contribution < -0.4 is 5.32 Å². The lowest BCUT2D eigenvalue weighted by Gasteiger charge is -2.10. The van der Waals surface area contributed by atoms with Gasteiger partial charge in [0.25, 0.3) is 0 Å². The minimum absolute atomic E-state index is 0.558. The average Bonchev–Trinajstić information content (AvgIpc) is 2.52. The van der Waals surface area contributed by atoms with E-state index >= 15 is 0 Å². The smallest absolute Gasteiger partial charge is 0.328 e. The maximum absolute atomic E-state index is 9.55. The minimum atomic E-state index is -1.26. The molecule has 1 aromatic carbocycles. The number of aryl methyl sites for hydroxylation is 1. The van der Waals surface area contributed by atoms with Crippen LogP contribution in [0.3, 0.4) is 0 Å². The molecule has 0 aliphatic rings. The highest BCUT2D eigenvalue weighted by molar-refractivity contribution is 5.89. The molecule has 1 atom stereocenters. The van der Waals surface area contributed by atoms with Gasteiger partial charge in [-0.25, -0.2) is 9.59 Å². The molecule has 0 fully saturated rings. The first kappa shape index (κ1) is 20.9. The molecule has 0 bridgehead atoms. The van der Waals surface area contributed by atoms with Crippen LogP contribution in [0.1, 0.15) is 37.8 Å². The van der Waals surface area contributed by atoms with Crippen molar-refractivity contribution in [3.63, 3.8) is 0 Å². The number of carboxylic acid groups (broad SMARTS) is 2. The Morgan fingerprint density at radius 3 is 1.96 bits per heavy atom. The minimum Gasteiger partial charge on any atom is -0.478 e. The zero-order valence-electron chi connectivity index (χ0n) is 14.1. The Hall–Kier alpha value is -2.14. The highest BCUT2D eigenvalue weighted by atomic mass is 16.4. The standard InChI is InChI=1S/C14H23N.C4H4O4/c1-4-5-6-13-7-9-14(10-8-13)11-12(2)15-3;5-3(6)1-2-4(7)8/h7-10,12,15H,4-6,11H2,1-3H3;1-2H,(H,5,6)(H,7,8)/b;2-1+. The van der Waals surface area contributed by atoms with Gasteiger partial charge in [0.05, 0.1) is 0 Å². The van der Waals surface area contributed by atoms with Gasteiger partial charge in [-0.15, -0.1) is 0 Å². The maximum Gasteiger partial charge on any atom is 0.328 e. The molecule has 0 spiro atoms. The Kier molecular flexibility index (Phi) is 11.3. The summed E-state index contributed by atoms with van der Waals surface area (Å²) >= 11 is 0. The Bertz CT molecular complexity index is 478. The van der Waals surface area contributed by atoms with Crippen molar-refractivity contribution in [2.45, 2.75) is 45.6 Å². The van der Waals surface area contributed by atoms with Gasteiger partial charge in [0.15, 0.2) is 0 Å². The first-order chi connectivity index (χ1) is 10.9. The van der Waals surface area contributed by atoms with Crippen molar-refractivity contribution in [1.29, 1.82) is 0 Å². The highest BCUT2D eigenvalue weighted by Crippen LogP contribution is 2.09. The number of carbonyl (C=O) groups is 2. The molecular formula is C18H27NO4. The van der Waals surface area contributed by atoms with E-state index in [-0.39, 0.29) is 0 Å². The monoisotopic (exact) mass is 321 g/mol. The summed E-state index contributed by atoms with van der Waals surface area (Å²) < 4.78 is 0. The molecule has 1 unspecified atom stereocenters. The Balaban J connectivity index is 0.000000515. The van der Waals surface area contributed by atoms with Gasteiger partial charge in [-0.05, 0) is 44.4 Å². The number of likely N-dealkylation sites (N-methyl/N-ethyl adjacent to an activating group) is 1. The fourth-order valence-corrected chi connectivity index (χ4v) is 1.82. The number of carboxylic acids is 2. The molecule has 0 aliphatic heterocycles. The first-order valence-corrected chi connectivity index (χ1v) is 7.78. The van der Waals surface area contributed by atoms with Crippen LogP contribution in [0.4, 0.5) is 0 Å². The van der Waals surface area contributed by atoms with E-state index in [1.165, 1.54) is 30.4 Å². The van der Waals surface area contributed by atoms with E-state index in [2.05, 4.69) is 43.4 Å². The molecular weight excluding hydrogens is 294 g/mol. The summed E-state index contributed by atoms with van der Waals surface area (Å²) in [6, 6.07) is 9.63. The average molecular weight is 321 g/mol. The van der Waals surface area contributed by atoms with Crippen molar-refractivity contribution in [3.8, 4) is 0 Å². The van der Waals surface area contributed by atoms with Crippen molar-refractivity contribution in [1.82, 2.24) is 5.32 Å². The molecule has 23 heavy (non-hydrogen) atoms. The van der Waals surface area contributed by atoms with Crippen molar-refractivity contribution < 1.29 is 19.8 Å². The van der Waals surface area contributed by atoms with Crippen LogP contribution in [0.15, 0.2) is 36.4 Å². The Morgan fingerprint density at radius 1 is 1.09 bits per heavy atom. The largest absolute Gasteiger partial charge is 0.478 e. The number of benzene rings is 1. The van der Waals surface area contributed by atoms with E-state index in [0.29, 0.717) is 18.2 Å². The maximum atomic E-state index is 9.55. The summed E-state index contributed by atoms with van der Waals surface area (Å²) in [4.78, 5) is 19.1. The molecule has 0 heterocycles. The molecule has 3 N–H and O–H groups in total. The fraction of sp³-hybridized carbons (Fsp3) is 0.444. The molecule has 0 aliphatic carbocycles. The summed E-state index contributed by atoms with van der Waals surface area (Å²) in [5.74, 6) is -2.51. The molecule has 5 heteroatoms. The Morgan fingerprint density at radius 2 is 1.57 bits per heavy atom. The van der Waals surface area contributed by atoms with Gasteiger partial charge in [0.1, 0.15) is 0 Å².